The van der Waals surface area contributed by atoms with Crippen LogP contribution in [0.25, 0.3) is 43.6 Å². The van der Waals surface area contributed by atoms with Gasteiger partial charge in [0.25, 0.3) is 0 Å². The SMILES string of the molecule is COc1ccc2c3cc[n+](CCCCCC[n+]4ccc5c6ccc(OC)cc6n(Cc6ccccc6)c5c4C)c(C)c3n(Cc3ccccc3)c2c1. The second kappa shape index (κ2) is 14.5. The smallest absolute Gasteiger partial charge is 0.202 e. The van der Waals surface area contributed by atoms with Crippen LogP contribution in [-0.2, 0) is 26.2 Å². The first-order valence-electron chi connectivity index (χ1n) is 18.6. The van der Waals surface area contributed by atoms with Gasteiger partial charge in [-0.15, -0.1) is 0 Å². The van der Waals surface area contributed by atoms with Crippen molar-refractivity contribution < 1.29 is 18.6 Å². The molecule has 0 unspecified atom stereocenters. The minimum atomic E-state index is 0.822. The van der Waals surface area contributed by atoms with Crippen LogP contribution in [0, 0.1) is 13.8 Å². The molecule has 0 bridgehead atoms. The molecule has 0 saturated carbocycles. The number of rotatable bonds is 13. The van der Waals surface area contributed by atoms with E-state index in [2.05, 4.69) is 154 Å². The van der Waals surface area contributed by atoms with Crippen molar-refractivity contribution in [1.82, 2.24) is 9.13 Å². The Morgan fingerprint density at radius 2 is 0.904 bits per heavy atom. The number of ether oxygens (including phenoxy) is 2. The lowest BCUT2D eigenvalue weighted by molar-refractivity contribution is -0.703. The van der Waals surface area contributed by atoms with Crippen LogP contribution >= 0.6 is 0 Å². The fourth-order valence-corrected chi connectivity index (χ4v) is 8.17. The Bertz CT molecular complexity index is 2340. The Morgan fingerprint density at radius 1 is 0.481 bits per heavy atom. The van der Waals surface area contributed by atoms with Crippen LogP contribution < -0.4 is 18.6 Å². The van der Waals surface area contributed by atoms with Gasteiger partial charge < -0.3 is 18.6 Å². The molecule has 262 valence electrons. The van der Waals surface area contributed by atoms with E-state index in [0.717, 1.165) is 50.5 Å². The topological polar surface area (TPSA) is 36.1 Å². The average Bonchev–Trinajstić information content (AvgIpc) is 3.67. The summed E-state index contributed by atoms with van der Waals surface area (Å²) in [7, 11) is 3.49. The lowest BCUT2D eigenvalue weighted by Gasteiger charge is -2.10. The normalized spacial score (nSPS) is 11.7. The predicted molar refractivity (Wildman–Crippen MR) is 211 cm³/mol. The van der Waals surface area contributed by atoms with Crippen LogP contribution in [0.1, 0.15) is 48.2 Å². The molecule has 0 atom stereocenters. The highest BCUT2D eigenvalue weighted by atomic mass is 16.5. The molecular formula is C46H48N4O2+2. The first kappa shape index (κ1) is 33.5. The van der Waals surface area contributed by atoms with Gasteiger partial charge in [-0.25, -0.2) is 9.13 Å². The van der Waals surface area contributed by atoms with Crippen molar-refractivity contribution in [3.8, 4) is 11.5 Å². The quantitative estimate of drug-likeness (QED) is 0.0894. The Labute approximate surface area is 306 Å². The minimum Gasteiger partial charge on any atom is -0.497 e. The van der Waals surface area contributed by atoms with Crippen LogP contribution in [0.15, 0.2) is 122 Å². The predicted octanol–water partition coefficient (Wildman–Crippen LogP) is 9.47. The summed E-state index contributed by atoms with van der Waals surface area (Å²) in [6.45, 7) is 8.23. The van der Waals surface area contributed by atoms with E-state index in [4.69, 9.17) is 9.47 Å². The summed E-state index contributed by atoms with van der Waals surface area (Å²) >= 11 is 0. The van der Waals surface area contributed by atoms with E-state index in [1.165, 1.54) is 79.0 Å². The van der Waals surface area contributed by atoms with Crippen molar-refractivity contribution in [2.24, 2.45) is 0 Å². The summed E-state index contributed by atoms with van der Waals surface area (Å²) in [6.07, 6.45) is 9.27. The number of hydrogen-bond acceptors (Lipinski definition) is 2. The maximum absolute atomic E-state index is 5.64. The zero-order valence-corrected chi connectivity index (χ0v) is 30.8. The standard InChI is InChI=1S/C46H48N4O2/c1-33-45-41(39-21-19-37(51-3)29-43(39)49(45)31-35-15-9-7-10-16-35)23-27-47(33)25-13-5-6-14-26-48-28-24-42-40-22-20-38(52-4)30-44(40)50(46(42)34(48)2)32-36-17-11-8-12-18-36/h7-12,15-24,27-30H,5-6,13-14,25-26,31-32H2,1-4H3/q+2. The van der Waals surface area contributed by atoms with E-state index >= 15 is 0 Å². The molecule has 0 spiro atoms. The van der Waals surface area contributed by atoms with E-state index in [9.17, 15) is 0 Å². The molecule has 4 aromatic heterocycles. The molecule has 0 aliphatic carbocycles. The number of unbranched alkanes of at least 4 members (excludes halogenated alkanes) is 3. The van der Waals surface area contributed by atoms with Crippen molar-refractivity contribution in [1.29, 1.82) is 0 Å². The molecule has 0 saturated heterocycles. The fourth-order valence-electron chi connectivity index (χ4n) is 8.17. The van der Waals surface area contributed by atoms with E-state index in [1.807, 2.05) is 0 Å². The molecule has 0 aliphatic rings. The van der Waals surface area contributed by atoms with Crippen LogP contribution in [0.3, 0.4) is 0 Å². The molecule has 0 radical (unpaired) electrons. The molecule has 4 aromatic carbocycles. The zero-order chi connectivity index (χ0) is 35.6. The van der Waals surface area contributed by atoms with E-state index in [-0.39, 0.29) is 0 Å². The Balaban J connectivity index is 0.983. The van der Waals surface area contributed by atoms with Gasteiger partial charge in [0, 0.05) is 85.6 Å². The van der Waals surface area contributed by atoms with Crippen LogP contribution in [0.2, 0.25) is 0 Å². The zero-order valence-electron chi connectivity index (χ0n) is 30.8. The van der Waals surface area contributed by atoms with Gasteiger partial charge in [0.2, 0.25) is 11.4 Å². The number of benzene rings is 4. The minimum absolute atomic E-state index is 0.822. The second-order valence-electron chi connectivity index (χ2n) is 14.0. The molecule has 0 fully saturated rings. The number of aromatic nitrogens is 4. The van der Waals surface area contributed by atoms with Crippen molar-refractivity contribution in [3.05, 3.63) is 144 Å². The van der Waals surface area contributed by atoms with Crippen LogP contribution in [0.4, 0.5) is 0 Å². The molecule has 0 N–H and O–H groups in total. The highest BCUT2D eigenvalue weighted by Crippen LogP contribution is 2.34. The van der Waals surface area contributed by atoms with Gasteiger partial charge in [-0.2, -0.15) is 0 Å². The summed E-state index contributed by atoms with van der Waals surface area (Å²) < 4.78 is 21.1. The lowest BCUT2D eigenvalue weighted by atomic mass is 10.1. The average molecular weight is 689 g/mol. The summed E-state index contributed by atoms with van der Waals surface area (Å²) in [5.41, 5.74) is 10.3. The lowest BCUT2D eigenvalue weighted by Crippen LogP contribution is -2.37. The number of aryl methyl sites for hydroxylation is 4. The van der Waals surface area contributed by atoms with E-state index in [0.29, 0.717) is 0 Å². The van der Waals surface area contributed by atoms with E-state index in [1.54, 1.807) is 14.2 Å². The third-order valence-electron chi connectivity index (χ3n) is 10.9. The summed E-state index contributed by atoms with van der Waals surface area (Å²) in [5, 5.41) is 5.14. The van der Waals surface area contributed by atoms with Gasteiger partial charge >= 0.3 is 0 Å². The monoisotopic (exact) mass is 688 g/mol. The third-order valence-corrected chi connectivity index (χ3v) is 10.9. The van der Waals surface area contributed by atoms with Gasteiger partial charge in [-0.3, -0.25) is 0 Å². The van der Waals surface area contributed by atoms with Crippen LogP contribution in [0.5, 0.6) is 11.5 Å². The Hall–Kier alpha value is -5.62. The summed E-state index contributed by atoms with van der Waals surface area (Å²) in [4.78, 5) is 0. The first-order valence-corrected chi connectivity index (χ1v) is 18.6. The van der Waals surface area contributed by atoms with Gasteiger partial charge in [-0.1, -0.05) is 60.7 Å². The Morgan fingerprint density at radius 3 is 1.31 bits per heavy atom. The summed E-state index contributed by atoms with van der Waals surface area (Å²) in [6, 6.07) is 39.0. The first-order chi connectivity index (χ1) is 25.5. The molecular weight excluding hydrogens is 641 g/mol. The molecule has 8 aromatic rings. The number of hydrogen-bond donors (Lipinski definition) is 0. The Kier molecular flexibility index (Phi) is 9.38. The number of fused-ring (bicyclic) bond motifs is 6. The molecule has 0 amide bonds. The molecule has 52 heavy (non-hydrogen) atoms. The van der Waals surface area contributed by atoms with Gasteiger partial charge in [0.1, 0.15) is 35.6 Å². The van der Waals surface area contributed by atoms with Gasteiger partial charge in [0.15, 0.2) is 12.4 Å². The van der Waals surface area contributed by atoms with Crippen molar-refractivity contribution >= 4 is 43.6 Å². The van der Waals surface area contributed by atoms with Crippen LogP contribution in [-0.4, -0.2) is 23.4 Å². The number of methoxy groups -OCH3 is 2. The van der Waals surface area contributed by atoms with Gasteiger partial charge in [0.05, 0.1) is 25.3 Å². The van der Waals surface area contributed by atoms with Crippen molar-refractivity contribution in [2.45, 2.75) is 65.7 Å². The molecule has 4 heterocycles. The molecule has 0 aliphatic heterocycles. The second-order valence-corrected chi connectivity index (χ2v) is 14.0. The third kappa shape index (κ3) is 6.27. The fraction of sp³-hybridized carbons (Fsp3) is 0.261. The maximum Gasteiger partial charge on any atom is 0.202 e. The number of nitrogens with zero attached hydrogens (tertiary/aromatic N) is 4. The molecule has 6 heteroatoms. The van der Waals surface area contributed by atoms with E-state index < -0.39 is 0 Å². The van der Waals surface area contributed by atoms with Crippen molar-refractivity contribution in [2.75, 3.05) is 14.2 Å². The van der Waals surface area contributed by atoms with Gasteiger partial charge in [-0.05, 0) is 48.2 Å². The highest BCUT2D eigenvalue weighted by molar-refractivity contribution is 6.09. The molecule has 8 rings (SSSR count). The molecule has 6 nitrogen and oxygen atoms in total. The summed E-state index contributed by atoms with van der Waals surface area (Å²) in [5.74, 6) is 1.78. The maximum atomic E-state index is 5.64. The largest absolute Gasteiger partial charge is 0.497 e. The number of pyridine rings is 2. The highest BCUT2D eigenvalue weighted by Gasteiger charge is 2.22. The van der Waals surface area contributed by atoms with Crippen molar-refractivity contribution in [3.63, 3.8) is 0 Å².